The van der Waals surface area contributed by atoms with Gasteiger partial charge < -0.3 is 15.5 Å². The average molecular weight is 385 g/mol. The average Bonchev–Trinajstić information content (AvgIpc) is 2.45. The van der Waals surface area contributed by atoms with Gasteiger partial charge in [-0.05, 0) is 47.7 Å². The summed E-state index contributed by atoms with van der Waals surface area (Å²) in [6, 6.07) is 9.76. The van der Waals surface area contributed by atoms with Crippen molar-refractivity contribution in [2.75, 3.05) is 17.3 Å². The highest BCUT2D eigenvalue weighted by Gasteiger charge is 2.05. The molecule has 7 heteroatoms. The van der Waals surface area contributed by atoms with Crippen LogP contribution in [0.1, 0.15) is 12.7 Å². The molecular weight excluding hydrogens is 369 g/mol. The van der Waals surface area contributed by atoms with E-state index in [1.165, 1.54) is 0 Å². The number of nitrogens with zero attached hydrogens (tertiary/aromatic N) is 2. The van der Waals surface area contributed by atoms with Crippen molar-refractivity contribution in [1.82, 2.24) is 9.97 Å². The quantitative estimate of drug-likeness (QED) is 0.403. The van der Waals surface area contributed by atoms with Gasteiger partial charge in [-0.2, -0.15) is 0 Å². The summed E-state index contributed by atoms with van der Waals surface area (Å²) in [6.45, 7) is 2.90. The van der Waals surface area contributed by atoms with Gasteiger partial charge in [0.2, 0.25) is 0 Å². The number of halogens is 1. The molecule has 6 nitrogen and oxygen atoms in total. The maximum absolute atomic E-state index is 5.42. The second kappa shape index (κ2) is 7.36. The molecule has 20 heavy (non-hydrogen) atoms. The fourth-order valence-electron chi connectivity index (χ4n) is 1.61. The van der Waals surface area contributed by atoms with E-state index in [0.29, 0.717) is 30.7 Å². The molecule has 0 aliphatic carbocycles. The summed E-state index contributed by atoms with van der Waals surface area (Å²) in [4.78, 5) is 8.63. The molecule has 0 saturated heterocycles. The third-order valence-corrected chi connectivity index (χ3v) is 3.12. The summed E-state index contributed by atoms with van der Waals surface area (Å²) in [6.07, 6.45) is 0. The number of rotatable bonds is 6. The van der Waals surface area contributed by atoms with Gasteiger partial charge in [0.1, 0.15) is 18.2 Å². The molecule has 0 amide bonds. The summed E-state index contributed by atoms with van der Waals surface area (Å²) < 4.78 is 6.47. The number of hydrazine groups is 1. The zero-order chi connectivity index (χ0) is 14.4. The Hall–Kier alpha value is -1.45. The van der Waals surface area contributed by atoms with E-state index < -0.39 is 0 Å². The van der Waals surface area contributed by atoms with Crippen molar-refractivity contribution in [1.29, 1.82) is 0 Å². The molecule has 2 aromatic rings. The second-order valence-corrected chi connectivity index (χ2v) is 5.22. The first-order valence-electron chi connectivity index (χ1n) is 6.16. The summed E-state index contributed by atoms with van der Waals surface area (Å²) in [5, 5.41) is 3.23. The van der Waals surface area contributed by atoms with E-state index in [-0.39, 0.29) is 0 Å². The highest BCUT2D eigenvalue weighted by atomic mass is 127. The van der Waals surface area contributed by atoms with Gasteiger partial charge in [-0.15, -0.1) is 0 Å². The molecule has 106 valence electrons. The molecule has 4 N–H and O–H groups in total. The fraction of sp³-hybridized carbons (Fsp3) is 0.231. The van der Waals surface area contributed by atoms with Crippen LogP contribution in [0.4, 0.5) is 17.3 Å². The van der Waals surface area contributed by atoms with Gasteiger partial charge in [0.15, 0.2) is 5.82 Å². The van der Waals surface area contributed by atoms with Crippen molar-refractivity contribution >= 4 is 39.9 Å². The van der Waals surface area contributed by atoms with Crippen molar-refractivity contribution in [2.45, 2.75) is 13.5 Å². The van der Waals surface area contributed by atoms with Crippen molar-refractivity contribution in [3.05, 3.63) is 39.7 Å². The van der Waals surface area contributed by atoms with Gasteiger partial charge in [-0.25, -0.2) is 15.8 Å². The molecule has 0 unspecified atom stereocenters. The Balaban J connectivity index is 2.21. The van der Waals surface area contributed by atoms with Crippen LogP contribution >= 0.6 is 22.6 Å². The van der Waals surface area contributed by atoms with Gasteiger partial charge in [0.25, 0.3) is 0 Å². The molecule has 0 saturated carbocycles. The zero-order valence-electron chi connectivity index (χ0n) is 11.1. The number of nitrogens with two attached hydrogens (primary N) is 1. The lowest BCUT2D eigenvalue weighted by Crippen LogP contribution is -2.12. The molecule has 1 aromatic heterocycles. The van der Waals surface area contributed by atoms with Crippen molar-refractivity contribution in [3.8, 4) is 0 Å². The predicted molar refractivity (Wildman–Crippen MR) is 87.6 cm³/mol. The molecule has 0 fully saturated rings. The minimum atomic E-state index is 0.354. The lowest BCUT2D eigenvalue weighted by Gasteiger charge is -2.10. The van der Waals surface area contributed by atoms with Crippen LogP contribution in [0.25, 0.3) is 0 Å². The highest BCUT2D eigenvalue weighted by molar-refractivity contribution is 14.1. The molecule has 0 aliphatic heterocycles. The number of ether oxygens (including phenoxy) is 1. The second-order valence-electron chi connectivity index (χ2n) is 3.97. The first kappa shape index (κ1) is 14.9. The van der Waals surface area contributed by atoms with Gasteiger partial charge in [0.05, 0.1) is 0 Å². The van der Waals surface area contributed by atoms with Crippen LogP contribution in [0.3, 0.4) is 0 Å². The maximum Gasteiger partial charge on any atom is 0.158 e. The third-order valence-electron chi connectivity index (χ3n) is 2.45. The first-order valence-corrected chi connectivity index (χ1v) is 7.24. The SMILES string of the molecule is CCOCc1nc(NN)cc(Nc2cccc(I)c2)n1. The summed E-state index contributed by atoms with van der Waals surface area (Å²) in [5.41, 5.74) is 3.49. The smallest absolute Gasteiger partial charge is 0.158 e. The lowest BCUT2D eigenvalue weighted by molar-refractivity contribution is 0.128. The monoisotopic (exact) mass is 385 g/mol. The summed E-state index contributed by atoms with van der Waals surface area (Å²) in [7, 11) is 0. The Morgan fingerprint density at radius 3 is 2.75 bits per heavy atom. The van der Waals surface area contributed by atoms with Crippen LogP contribution in [0.2, 0.25) is 0 Å². The molecule has 0 spiro atoms. The predicted octanol–water partition coefficient (Wildman–Crippen LogP) is 2.65. The lowest BCUT2D eigenvalue weighted by atomic mass is 10.3. The number of nitrogens with one attached hydrogen (secondary N) is 2. The number of hydrogen-bond acceptors (Lipinski definition) is 6. The molecule has 1 heterocycles. The number of anilines is 3. The Labute approximate surface area is 131 Å². The van der Waals surface area contributed by atoms with E-state index >= 15 is 0 Å². The Kier molecular flexibility index (Phi) is 5.50. The minimum Gasteiger partial charge on any atom is -0.374 e. The standard InChI is InChI=1S/C13H16IN5O/c1-2-20-8-13-17-11(7-12(18-13)19-15)16-10-5-3-4-9(14)6-10/h3-7H,2,8,15H2,1H3,(H2,16,17,18,19). The van der Waals surface area contributed by atoms with Crippen molar-refractivity contribution in [2.24, 2.45) is 5.84 Å². The van der Waals surface area contributed by atoms with E-state index in [4.69, 9.17) is 10.6 Å². The van der Waals surface area contributed by atoms with Crippen molar-refractivity contribution in [3.63, 3.8) is 0 Å². The van der Waals surface area contributed by atoms with Crippen molar-refractivity contribution < 1.29 is 4.74 Å². The Morgan fingerprint density at radius 1 is 1.25 bits per heavy atom. The van der Waals surface area contributed by atoms with E-state index in [1.54, 1.807) is 6.07 Å². The number of nitrogen functional groups attached to an aromatic ring is 1. The number of hydrogen-bond donors (Lipinski definition) is 3. The Morgan fingerprint density at radius 2 is 2.05 bits per heavy atom. The molecule has 1 aromatic carbocycles. The van der Waals surface area contributed by atoms with E-state index in [2.05, 4.69) is 43.3 Å². The highest BCUT2D eigenvalue weighted by Crippen LogP contribution is 2.19. The molecule has 0 aliphatic rings. The number of benzene rings is 1. The molecule has 2 rings (SSSR count). The van der Waals surface area contributed by atoms with Crippen LogP contribution < -0.4 is 16.6 Å². The summed E-state index contributed by atoms with van der Waals surface area (Å²) in [5.74, 6) is 7.22. The summed E-state index contributed by atoms with van der Waals surface area (Å²) >= 11 is 2.26. The van der Waals surface area contributed by atoms with Crippen LogP contribution in [-0.2, 0) is 11.3 Å². The molecule has 0 bridgehead atoms. The molecule has 0 atom stereocenters. The largest absolute Gasteiger partial charge is 0.374 e. The third kappa shape index (κ3) is 4.29. The van der Waals surface area contributed by atoms with Crippen LogP contribution in [0, 0.1) is 3.57 Å². The van der Waals surface area contributed by atoms with Gasteiger partial charge in [-0.3, -0.25) is 0 Å². The van der Waals surface area contributed by atoms with Crippen LogP contribution in [0.5, 0.6) is 0 Å². The zero-order valence-corrected chi connectivity index (χ0v) is 13.2. The van der Waals surface area contributed by atoms with Crippen LogP contribution in [0.15, 0.2) is 30.3 Å². The fourth-order valence-corrected chi connectivity index (χ4v) is 2.15. The minimum absolute atomic E-state index is 0.354. The van der Waals surface area contributed by atoms with Gasteiger partial charge in [-0.1, -0.05) is 6.07 Å². The topological polar surface area (TPSA) is 85.1 Å². The normalized spacial score (nSPS) is 10.3. The molecule has 0 radical (unpaired) electrons. The van der Waals surface area contributed by atoms with Gasteiger partial charge in [0, 0.05) is 21.9 Å². The molecular formula is C13H16IN5O. The van der Waals surface area contributed by atoms with E-state index in [9.17, 15) is 0 Å². The Bertz CT molecular complexity index is 578. The number of aromatic nitrogens is 2. The maximum atomic E-state index is 5.42. The first-order chi connectivity index (χ1) is 9.71. The van der Waals surface area contributed by atoms with Crippen LogP contribution in [-0.4, -0.2) is 16.6 Å². The van der Waals surface area contributed by atoms with E-state index in [1.807, 2.05) is 31.2 Å². The van der Waals surface area contributed by atoms with Gasteiger partial charge >= 0.3 is 0 Å². The van der Waals surface area contributed by atoms with E-state index in [0.717, 1.165) is 9.26 Å².